The van der Waals surface area contributed by atoms with E-state index in [4.69, 9.17) is 5.11 Å². The average Bonchev–Trinajstić information content (AvgIpc) is 2.20. The van der Waals surface area contributed by atoms with E-state index in [-0.39, 0.29) is 18.2 Å². The second-order valence-corrected chi connectivity index (χ2v) is 3.67. The summed E-state index contributed by atoms with van der Waals surface area (Å²) in [5.74, 6) is -0.592. The molecule has 0 saturated heterocycles. The van der Waals surface area contributed by atoms with Crippen molar-refractivity contribution in [1.82, 2.24) is 5.32 Å². The van der Waals surface area contributed by atoms with Crippen molar-refractivity contribution in [2.75, 3.05) is 6.54 Å². The van der Waals surface area contributed by atoms with Gasteiger partial charge in [0.2, 0.25) is 5.91 Å². The highest BCUT2D eigenvalue weighted by Gasteiger charge is 2.07. The van der Waals surface area contributed by atoms with Crippen LogP contribution in [0.3, 0.4) is 0 Å². The molecular formula is C11H19NO3. The number of carbonyl (C=O) groups excluding carboxylic acids is 1. The third-order valence-corrected chi connectivity index (χ3v) is 2.07. The van der Waals surface area contributed by atoms with Gasteiger partial charge in [-0.05, 0) is 18.8 Å². The van der Waals surface area contributed by atoms with Crippen molar-refractivity contribution in [2.24, 2.45) is 5.92 Å². The molecular weight excluding hydrogens is 194 g/mol. The van der Waals surface area contributed by atoms with Crippen molar-refractivity contribution in [3.8, 4) is 0 Å². The Morgan fingerprint density at radius 3 is 2.67 bits per heavy atom. The van der Waals surface area contributed by atoms with Gasteiger partial charge in [-0.25, -0.2) is 0 Å². The van der Waals surface area contributed by atoms with Gasteiger partial charge in [-0.1, -0.05) is 13.0 Å². The van der Waals surface area contributed by atoms with Crippen molar-refractivity contribution in [3.05, 3.63) is 12.7 Å². The first-order chi connectivity index (χ1) is 7.06. The Morgan fingerprint density at radius 2 is 2.13 bits per heavy atom. The van der Waals surface area contributed by atoms with E-state index in [1.54, 1.807) is 6.08 Å². The number of carboxylic acid groups (broad SMARTS) is 1. The number of rotatable bonds is 8. The van der Waals surface area contributed by atoms with Crippen molar-refractivity contribution < 1.29 is 14.7 Å². The molecule has 0 saturated carbocycles. The van der Waals surface area contributed by atoms with E-state index in [1.807, 2.05) is 6.92 Å². The quantitative estimate of drug-likeness (QED) is 0.601. The first kappa shape index (κ1) is 13.7. The minimum absolute atomic E-state index is 0.00271. The Labute approximate surface area is 90.4 Å². The van der Waals surface area contributed by atoms with Crippen LogP contribution in [0.25, 0.3) is 0 Å². The number of amides is 1. The molecule has 0 aromatic carbocycles. The van der Waals surface area contributed by atoms with Gasteiger partial charge in [0, 0.05) is 19.4 Å². The summed E-state index contributed by atoms with van der Waals surface area (Å²) in [6.45, 7) is 6.00. The minimum Gasteiger partial charge on any atom is -0.481 e. The summed E-state index contributed by atoms with van der Waals surface area (Å²) in [6.07, 6.45) is 3.58. The molecule has 0 aliphatic rings. The fourth-order valence-electron chi connectivity index (χ4n) is 1.08. The lowest BCUT2D eigenvalue weighted by atomic mass is 10.1. The molecule has 1 unspecified atom stereocenters. The fraction of sp³-hybridized carbons (Fsp3) is 0.636. The van der Waals surface area contributed by atoms with Gasteiger partial charge < -0.3 is 10.4 Å². The van der Waals surface area contributed by atoms with Gasteiger partial charge >= 0.3 is 5.97 Å². The molecule has 15 heavy (non-hydrogen) atoms. The largest absolute Gasteiger partial charge is 0.481 e. The van der Waals surface area contributed by atoms with Crippen molar-refractivity contribution in [2.45, 2.75) is 32.6 Å². The van der Waals surface area contributed by atoms with Crippen LogP contribution < -0.4 is 5.32 Å². The molecule has 2 N–H and O–H groups in total. The lowest BCUT2D eigenvalue weighted by Crippen LogP contribution is -2.28. The van der Waals surface area contributed by atoms with Gasteiger partial charge in [0.25, 0.3) is 0 Å². The van der Waals surface area contributed by atoms with Gasteiger partial charge in [0.15, 0.2) is 0 Å². The smallest absolute Gasteiger partial charge is 0.303 e. The molecule has 0 heterocycles. The molecule has 1 atom stereocenters. The van der Waals surface area contributed by atoms with E-state index in [9.17, 15) is 9.59 Å². The van der Waals surface area contributed by atoms with Crippen LogP contribution in [0, 0.1) is 5.92 Å². The van der Waals surface area contributed by atoms with E-state index in [0.29, 0.717) is 25.8 Å². The summed E-state index contributed by atoms with van der Waals surface area (Å²) >= 11 is 0. The third-order valence-electron chi connectivity index (χ3n) is 2.07. The molecule has 0 aromatic heterocycles. The zero-order valence-corrected chi connectivity index (χ0v) is 9.16. The SMILES string of the molecule is C=CCCC(=O)NCC(C)CCC(=O)O. The summed E-state index contributed by atoms with van der Waals surface area (Å²) < 4.78 is 0. The highest BCUT2D eigenvalue weighted by molar-refractivity contribution is 5.75. The van der Waals surface area contributed by atoms with Gasteiger partial charge in [0.1, 0.15) is 0 Å². The Bertz CT molecular complexity index is 226. The van der Waals surface area contributed by atoms with Crippen LogP contribution in [0.15, 0.2) is 12.7 Å². The van der Waals surface area contributed by atoms with E-state index < -0.39 is 5.97 Å². The number of carboxylic acids is 1. The Balaban J connectivity index is 3.52. The number of carbonyl (C=O) groups is 2. The van der Waals surface area contributed by atoms with E-state index in [2.05, 4.69) is 11.9 Å². The Kier molecular flexibility index (Phi) is 7.32. The number of aliphatic carboxylic acids is 1. The molecule has 4 nitrogen and oxygen atoms in total. The third kappa shape index (κ3) is 9.00. The number of nitrogens with one attached hydrogen (secondary N) is 1. The monoisotopic (exact) mass is 213 g/mol. The Morgan fingerprint density at radius 1 is 1.47 bits per heavy atom. The number of hydrogen-bond acceptors (Lipinski definition) is 2. The molecule has 0 aromatic rings. The highest BCUT2D eigenvalue weighted by Crippen LogP contribution is 2.03. The topological polar surface area (TPSA) is 66.4 Å². The summed E-state index contributed by atoms with van der Waals surface area (Å²) in [7, 11) is 0. The fourth-order valence-corrected chi connectivity index (χ4v) is 1.08. The van der Waals surface area contributed by atoms with Crippen LogP contribution in [0.5, 0.6) is 0 Å². The lowest BCUT2D eigenvalue weighted by molar-refractivity contribution is -0.137. The number of allylic oxidation sites excluding steroid dienone is 1. The van der Waals surface area contributed by atoms with Gasteiger partial charge in [-0.3, -0.25) is 9.59 Å². The first-order valence-electron chi connectivity index (χ1n) is 5.15. The van der Waals surface area contributed by atoms with E-state index in [0.717, 1.165) is 0 Å². The summed E-state index contributed by atoms with van der Waals surface area (Å²) in [5, 5.41) is 11.2. The second-order valence-electron chi connectivity index (χ2n) is 3.67. The summed E-state index contributed by atoms with van der Waals surface area (Å²) in [4.78, 5) is 21.5. The van der Waals surface area contributed by atoms with Gasteiger partial charge in [0.05, 0.1) is 0 Å². The number of hydrogen-bond donors (Lipinski definition) is 2. The van der Waals surface area contributed by atoms with Crippen LogP contribution in [-0.4, -0.2) is 23.5 Å². The maximum atomic E-state index is 11.2. The molecule has 0 aliphatic carbocycles. The molecule has 1 amide bonds. The molecule has 86 valence electrons. The molecule has 4 heteroatoms. The van der Waals surface area contributed by atoms with Crippen LogP contribution >= 0.6 is 0 Å². The first-order valence-corrected chi connectivity index (χ1v) is 5.15. The zero-order chi connectivity index (χ0) is 11.7. The van der Waals surface area contributed by atoms with Crippen LogP contribution in [0.4, 0.5) is 0 Å². The van der Waals surface area contributed by atoms with Crippen LogP contribution in [0.1, 0.15) is 32.6 Å². The van der Waals surface area contributed by atoms with Crippen LogP contribution in [0.2, 0.25) is 0 Å². The maximum absolute atomic E-state index is 11.2. The molecule has 0 rings (SSSR count). The van der Waals surface area contributed by atoms with Crippen LogP contribution in [-0.2, 0) is 9.59 Å². The predicted molar refractivity (Wildman–Crippen MR) is 58.5 cm³/mol. The van der Waals surface area contributed by atoms with Gasteiger partial charge in [-0.2, -0.15) is 0 Å². The molecule has 0 bridgehead atoms. The molecule has 0 spiro atoms. The molecule has 0 radical (unpaired) electrons. The minimum atomic E-state index is -0.792. The molecule has 0 fully saturated rings. The maximum Gasteiger partial charge on any atom is 0.303 e. The van der Waals surface area contributed by atoms with E-state index >= 15 is 0 Å². The van der Waals surface area contributed by atoms with Crippen molar-refractivity contribution >= 4 is 11.9 Å². The second kappa shape index (κ2) is 8.03. The molecule has 0 aliphatic heterocycles. The van der Waals surface area contributed by atoms with Crippen molar-refractivity contribution in [1.29, 1.82) is 0 Å². The average molecular weight is 213 g/mol. The zero-order valence-electron chi connectivity index (χ0n) is 9.16. The van der Waals surface area contributed by atoms with Crippen molar-refractivity contribution in [3.63, 3.8) is 0 Å². The lowest BCUT2D eigenvalue weighted by Gasteiger charge is -2.10. The van der Waals surface area contributed by atoms with Gasteiger partial charge in [-0.15, -0.1) is 6.58 Å². The standard InChI is InChI=1S/C11H19NO3/c1-3-4-5-10(13)12-8-9(2)6-7-11(14)15/h3,9H,1,4-8H2,2H3,(H,12,13)(H,14,15). The summed E-state index contributed by atoms with van der Waals surface area (Å²) in [5.41, 5.74) is 0. The normalized spacial score (nSPS) is 11.8. The van der Waals surface area contributed by atoms with E-state index in [1.165, 1.54) is 0 Å². The highest BCUT2D eigenvalue weighted by atomic mass is 16.4. The Hall–Kier alpha value is -1.32. The summed E-state index contributed by atoms with van der Waals surface area (Å²) in [6, 6.07) is 0. The predicted octanol–water partition coefficient (Wildman–Crippen LogP) is 1.57.